The fourth-order valence-corrected chi connectivity index (χ4v) is 4.29. The van der Waals surface area contributed by atoms with Gasteiger partial charge in [0.15, 0.2) is 5.82 Å². The Balaban J connectivity index is 1.40. The highest BCUT2D eigenvalue weighted by atomic mass is 16.5. The van der Waals surface area contributed by atoms with Gasteiger partial charge in [-0.25, -0.2) is 0 Å². The number of carbonyl (C=O) groups is 1. The lowest BCUT2D eigenvalue weighted by Crippen LogP contribution is -2.37. The lowest BCUT2D eigenvalue weighted by atomic mass is 9.85. The van der Waals surface area contributed by atoms with Crippen LogP contribution in [0.15, 0.2) is 29.0 Å². The fraction of sp³-hybridized carbons (Fsp3) is 0.632. The molecule has 6 nitrogen and oxygen atoms in total. The Morgan fingerprint density at radius 1 is 1.20 bits per heavy atom. The number of amides is 1. The number of nitrogens with zero attached hydrogens (tertiary/aromatic N) is 4. The molecule has 1 saturated heterocycles. The molecule has 1 saturated carbocycles. The summed E-state index contributed by atoms with van der Waals surface area (Å²) in [7, 11) is 0. The summed E-state index contributed by atoms with van der Waals surface area (Å²) in [6.07, 6.45) is 11.0. The van der Waals surface area contributed by atoms with Crippen molar-refractivity contribution in [3.63, 3.8) is 0 Å². The van der Waals surface area contributed by atoms with E-state index in [1.807, 2.05) is 11.8 Å². The molecule has 0 radical (unpaired) electrons. The smallest absolute Gasteiger partial charge is 0.226 e. The second-order valence-corrected chi connectivity index (χ2v) is 7.23. The first-order chi connectivity index (χ1) is 12.3. The van der Waals surface area contributed by atoms with Crippen LogP contribution in [0.1, 0.15) is 69.2 Å². The first-order valence-corrected chi connectivity index (χ1v) is 9.51. The maximum Gasteiger partial charge on any atom is 0.226 e. The van der Waals surface area contributed by atoms with Gasteiger partial charge in [0.25, 0.3) is 0 Å². The minimum absolute atomic E-state index is 0.00118. The summed E-state index contributed by atoms with van der Waals surface area (Å²) < 4.78 is 7.54. The maximum atomic E-state index is 13.1. The second-order valence-electron chi connectivity index (χ2n) is 7.23. The highest BCUT2D eigenvalue weighted by molar-refractivity contribution is 5.79. The average molecular weight is 342 g/mol. The topological polar surface area (TPSA) is 64.2 Å². The van der Waals surface area contributed by atoms with Gasteiger partial charge in [0.05, 0.1) is 6.04 Å². The van der Waals surface area contributed by atoms with E-state index in [2.05, 4.69) is 39.2 Å². The van der Waals surface area contributed by atoms with E-state index in [0.29, 0.717) is 17.8 Å². The third-order valence-corrected chi connectivity index (χ3v) is 5.72. The van der Waals surface area contributed by atoms with E-state index in [1.165, 1.54) is 0 Å². The Hall–Kier alpha value is -2.11. The van der Waals surface area contributed by atoms with Crippen LogP contribution in [0.2, 0.25) is 0 Å². The summed E-state index contributed by atoms with van der Waals surface area (Å²) in [6.45, 7) is 2.81. The zero-order valence-electron chi connectivity index (χ0n) is 14.8. The van der Waals surface area contributed by atoms with Gasteiger partial charge in [-0.15, -0.1) is 0 Å². The number of hydrogen-bond donors (Lipinski definition) is 0. The van der Waals surface area contributed by atoms with Gasteiger partial charge in [-0.3, -0.25) is 4.79 Å². The molecule has 2 fully saturated rings. The summed E-state index contributed by atoms with van der Waals surface area (Å²) in [5.41, 5.74) is 0. The number of rotatable bonds is 4. The van der Waals surface area contributed by atoms with Crippen molar-refractivity contribution in [1.29, 1.82) is 0 Å². The van der Waals surface area contributed by atoms with Crippen molar-refractivity contribution in [1.82, 2.24) is 19.6 Å². The van der Waals surface area contributed by atoms with Crippen molar-refractivity contribution in [3.05, 3.63) is 36.2 Å². The first-order valence-electron chi connectivity index (χ1n) is 9.51. The molecule has 1 amide bonds. The van der Waals surface area contributed by atoms with Crippen molar-refractivity contribution in [3.8, 4) is 0 Å². The van der Waals surface area contributed by atoms with Crippen LogP contribution >= 0.6 is 0 Å². The quantitative estimate of drug-likeness (QED) is 0.853. The van der Waals surface area contributed by atoms with Gasteiger partial charge in [-0.05, 0) is 50.7 Å². The zero-order chi connectivity index (χ0) is 17.2. The highest BCUT2D eigenvalue weighted by Crippen LogP contribution is 2.37. The van der Waals surface area contributed by atoms with Gasteiger partial charge in [-0.1, -0.05) is 12.1 Å². The molecular formula is C19H26N4O2. The lowest BCUT2D eigenvalue weighted by molar-refractivity contribution is -0.138. The fourth-order valence-electron chi connectivity index (χ4n) is 4.29. The summed E-state index contributed by atoms with van der Waals surface area (Å²) in [5, 5.41) is 4.11. The molecule has 4 rings (SSSR count). The molecule has 2 aliphatic rings. The molecule has 25 heavy (non-hydrogen) atoms. The predicted octanol–water partition coefficient (Wildman–Crippen LogP) is 3.53. The SMILES string of the molecule is CCc1nc([C@@H]2CCCN2C(=O)C2CCC(n3cccc3)CC2)no1. The van der Waals surface area contributed by atoms with Crippen LogP contribution in [0.5, 0.6) is 0 Å². The van der Waals surface area contributed by atoms with Crippen LogP contribution in [0.25, 0.3) is 0 Å². The van der Waals surface area contributed by atoms with Crippen LogP contribution in [-0.4, -0.2) is 32.1 Å². The third kappa shape index (κ3) is 3.22. The van der Waals surface area contributed by atoms with E-state index in [0.717, 1.165) is 51.5 Å². The molecule has 0 N–H and O–H groups in total. The predicted molar refractivity (Wildman–Crippen MR) is 92.8 cm³/mol. The van der Waals surface area contributed by atoms with Gasteiger partial charge in [-0.2, -0.15) is 4.98 Å². The molecule has 134 valence electrons. The molecule has 0 spiro atoms. The Labute approximate surface area is 148 Å². The van der Waals surface area contributed by atoms with Crippen LogP contribution in [-0.2, 0) is 11.2 Å². The van der Waals surface area contributed by atoms with E-state index < -0.39 is 0 Å². The van der Waals surface area contributed by atoms with E-state index in [4.69, 9.17) is 4.52 Å². The lowest BCUT2D eigenvalue weighted by Gasteiger charge is -2.32. The van der Waals surface area contributed by atoms with Gasteiger partial charge < -0.3 is 14.0 Å². The highest BCUT2D eigenvalue weighted by Gasteiger charge is 2.37. The monoisotopic (exact) mass is 342 g/mol. The van der Waals surface area contributed by atoms with Crippen LogP contribution < -0.4 is 0 Å². The Morgan fingerprint density at radius 2 is 1.96 bits per heavy atom. The number of hydrogen-bond acceptors (Lipinski definition) is 4. The summed E-state index contributed by atoms with van der Waals surface area (Å²) in [5.74, 6) is 1.77. The van der Waals surface area contributed by atoms with Crippen molar-refractivity contribution in [2.75, 3.05) is 6.54 Å². The minimum atomic E-state index is -0.00118. The van der Waals surface area contributed by atoms with Crippen molar-refractivity contribution in [2.24, 2.45) is 5.92 Å². The van der Waals surface area contributed by atoms with Gasteiger partial charge >= 0.3 is 0 Å². The largest absolute Gasteiger partial charge is 0.351 e. The van der Waals surface area contributed by atoms with E-state index in [9.17, 15) is 4.79 Å². The third-order valence-electron chi connectivity index (χ3n) is 5.72. The molecule has 6 heteroatoms. The van der Waals surface area contributed by atoms with Gasteiger partial charge in [0, 0.05) is 37.3 Å². The molecule has 0 unspecified atom stereocenters. The molecular weight excluding hydrogens is 316 g/mol. The Kier molecular flexibility index (Phi) is 4.59. The van der Waals surface area contributed by atoms with Crippen LogP contribution in [0, 0.1) is 5.92 Å². The summed E-state index contributed by atoms with van der Waals surface area (Å²) in [6, 6.07) is 4.68. The average Bonchev–Trinajstić information content (AvgIpc) is 3.42. The molecule has 3 heterocycles. The second kappa shape index (κ2) is 7.02. The molecule has 1 atom stereocenters. The zero-order valence-corrected chi connectivity index (χ0v) is 14.8. The maximum absolute atomic E-state index is 13.1. The molecule has 1 aliphatic carbocycles. The normalized spacial score (nSPS) is 26.9. The van der Waals surface area contributed by atoms with Crippen molar-refractivity contribution < 1.29 is 9.32 Å². The van der Waals surface area contributed by atoms with E-state index >= 15 is 0 Å². The van der Waals surface area contributed by atoms with Crippen molar-refractivity contribution in [2.45, 2.75) is 64.0 Å². The molecule has 2 aromatic rings. The molecule has 1 aliphatic heterocycles. The number of aryl methyl sites for hydroxylation is 1. The minimum Gasteiger partial charge on any atom is -0.351 e. The van der Waals surface area contributed by atoms with Gasteiger partial charge in [0.2, 0.25) is 11.8 Å². The Bertz CT molecular complexity index is 701. The van der Waals surface area contributed by atoms with E-state index in [-0.39, 0.29) is 17.9 Å². The Morgan fingerprint density at radius 3 is 2.64 bits per heavy atom. The number of aromatic nitrogens is 3. The summed E-state index contributed by atoms with van der Waals surface area (Å²) >= 11 is 0. The molecule has 0 aromatic carbocycles. The molecule has 2 aromatic heterocycles. The summed E-state index contributed by atoms with van der Waals surface area (Å²) in [4.78, 5) is 19.6. The number of likely N-dealkylation sites (tertiary alicyclic amines) is 1. The van der Waals surface area contributed by atoms with E-state index in [1.54, 1.807) is 0 Å². The van der Waals surface area contributed by atoms with Crippen molar-refractivity contribution >= 4 is 5.91 Å². The van der Waals surface area contributed by atoms with Crippen LogP contribution in [0.3, 0.4) is 0 Å². The van der Waals surface area contributed by atoms with Crippen LogP contribution in [0.4, 0.5) is 0 Å². The number of carbonyl (C=O) groups excluding carboxylic acids is 1. The first kappa shape index (κ1) is 16.4. The standard InChI is InChI=1S/C19H26N4O2/c1-2-17-20-18(21-25-17)16-6-5-13-23(16)19(24)14-7-9-15(10-8-14)22-11-3-4-12-22/h3-4,11-12,14-16H,2,5-10,13H2,1H3/t14?,15?,16-/m0/s1. The van der Waals surface area contributed by atoms with Gasteiger partial charge in [0.1, 0.15) is 0 Å². The molecule has 0 bridgehead atoms.